The number of carboxylic acid groups (broad SMARTS) is 1. The molecule has 2 saturated carbocycles. The third-order valence-electron chi connectivity index (χ3n) is 24.9. The van der Waals surface area contributed by atoms with Gasteiger partial charge in [-0.1, -0.05) is 88.4 Å². The molecule has 7 aliphatic rings. The molecule has 1 radical (unpaired) electrons. The third kappa shape index (κ3) is 32.9. The average molecular weight is 2150 g/mol. The Morgan fingerprint density at radius 2 is 0.917 bits per heavy atom. The zero-order chi connectivity index (χ0) is 103. The molecule has 30 nitrogen and oxygen atoms in total. The maximum Gasteiger partial charge on any atom is 1.00 e. The molecule has 0 bridgehead atoms. The van der Waals surface area contributed by atoms with E-state index < -0.39 is 57.3 Å². The number of fused-ring (bicyclic) bond motifs is 4. The molecule has 5 aromatic carbocycles. The second-order valence-corrected chi connectivity index (χ2v) is 38.7. The van der Waals surface area contributed by atoms with Gasteiger partial charge in [-0.05, 0) is 218 Å². The van der Waals surface area contributed by atoms with Crippen LogP contribution in [0.15, 0.2) is 176 Å². The number of hydrogen-bond donors (Lipinski definition) is 3. The first kappa shape index (κ1) is 116. The van der Waals surface area contributed by atoms with Gasteiger partial charge < -0.3 is 73.9 Å². The topological polar surface area (TPSA) is 378 Å². The van der Waals surface area contributed by atoms with Crippen molar-refractivity contribution in [3.63, 3.8) is 0 Å². The number of anilines is 3. The number of nitrogens with two attached hydrogens (primary N) is 2. The van der Waals surface area contributed by atoms with Crippen molar-refractivity contribution >= 4 is 91.0 Å². The monoisotopic (exact) mass is 2150 g/mol. The van der Waals surface area contributed by atoms with E-state index in [9.17, 15) is 69.8 Å². The number of halogens is 7. The Labute approximate surface area is 873 Å². The Morgan fingerprint density at radius 3 is 1.32 bits per heavy atom. The maximum atomic E-state index is 13.0. The Bertz CT molecular complexity index is 6030. The molecule has 145 heavy (non-hydrogen) atoms. The summed E-state index contributed by atoms with van der Waals surface area (Å²) in [4.78, 5) is 117. The van der Waals surface area contributed by atoms with Crippen LogP contribution in [-0.4, -0.2) is 149 Å². The second kappa shape index (κ2) is 55.4. The number of ether oxygens (including phenoxy) is 5. The number of rotatable bonds is 26. The number of aromatic nitrogens is 9. The average Bonchev–Trinajstić information content (AvgIpc) is 1.46. The van der Waals surface area contributed by atoms with Crippen LogP contribution < -0.4 is 60.0 Å². The van der Waals surface area contributed by atoms with Crippen LogP contribution in [0.1, 0.15) is 256 Å². The fraction of sp³-hybridized carbons (Fsp3) is 0.434. The molecule has 2 aliphatic carbocycles. The van der Waals surface area contributed by atoms with Gasteiger partial charge in [0.05, 0.1) is 61.2 Å². The number of benzene rings is 5. The number of nitrogens with zero attached hydrogens (tertiary/aromatic N) is 11. The summed E-state index contributed by atoms with van der Waals surface area (Å²) in [5.74, 6) is 0.862. The number of aryl methyl sites for hydroxylation is 7. The van der Waals surface area contributed by atoms with Crippen LogP contribution in [0.4, 0.5) is 43.5 Å². The molecule has 6 aromatic heterocycles. The first-order valence-electron chi connectivity index (χ1n) is 48.5. The number of ketones is 1. The minimum absolute atomic E-state index is 0. The Kier molecular flexibility index (Phi) is 44.5. The van der Waals surface area contributed by atoms with Crippen LogP contribution in [-0.2, 0) is 136 Å². The number of amides is 1. The summed E-state index contributed by atoms with van der Waals surface area (Å²) in [5.41, 5.74) is 24.5. The SMILES string of the molecule is CC(=O)OI(OC(C)=O)c1ccccc1.CCOC(=O)c1c(CC)nc2ccccn12.CCOC(=O)c1c(CC)nc2n1CCCC2.CCc1nc2n(c1C(=O)NCc1ccc(N3CC4(CC(c5ccc(OC(F)(F)F)cc5)C4)C3)cc1)CCCC2.CCc1nc2n(c1C(=O)[O-])CCCC2.NCc1ccc(N2CC3(CC(c4ccc(OC(F)(F)F)cc4)C3)C2)cc1.Nc1ccccn1.[CH2+]CC(=O)CC(=O)OCC.[Li+].[V]. The second-order valence-electron chi connectivity index (χ2n) is 35.3. The number of carboxylic acids is 1. The predicted octanol–water partition coefficient (Wildman–Crippen LogP) is 15.3. The Morgan fingerprint density at radius 1 is 0.503 bits per heavy atom. The van der Waals surface area contributed by atoms with Crippen LogP contribution in [0, 0.1) is 21.3 Å². The number of esters is 3. The molecule has 0 atom stereocenters. The van der Waals surface area contributed by atoms with Gasteiger partial charge in [-0.15, -0.1) is 26.3 Å². The number of aromatic carboxylic acids is 1. The van der Waals surface area contributed by atoms with Crippen molar-refractivity contribution in [1.29, 1.82) is 0 Å². The van der Waals surface area contributed by atoms with E-state index >= 15 is 0 Å². The zero-order valence-corrected chi connectivity index (χ0v) is 87.3. The molecule has 39 heteroatoms. The van der Waals surface area contributed by atoms with Crippen molar-refractivity contribution in [2.75, 3.05) is 61.5 Å². The molecular formula is C106H127F6ILiN14O16V+. The number of pyridine rings is 2. The summed E-state index contributed by atoms with van der Waals surface area (Å²) in [6.45, 7) is 28.0. The van der Waals surface area contributed by atoms with Crippen LogP contribution >= 0.6 is 20.6 Å². The van der Waals surface area contributed by atoms with Gasteiger partial charge in [0, 0.05) is 131 Å². The number of Topliss-reactive ketones (excluding diaryl/α,β-unsaturated/α-hetero) is 1. The summed E-state index contributed by atoms with van der Waals surface area (Å²) in [5, 5.41) is 14.0. The van der Waals surface area contributed by atoms with Crippen molar-refractivity contribution < 1.29 is 137 Å². The standard InChI is InChI=1S/C30H33F3N4O2.C20H21F3N2O.C12H18N2O2.C12H14N2O2.C10H11IO4.C10H14N2O2.C7H11O3.C5H6N2.Li.V/c1-2-25-27(37-14-4-3-5-26(37)35-25)28(38)34-17-20-6-10-23(11-7-20)36-18-29(19-36)15-22(16-29)21-8-12-24(13-9-21)39-30(31,32)33;21-20(22,23)26-18-7-3-15(4-8-18)16-9-19(10-16)12-25(13-19)17-5-1-14(11-24)2-6-17;2*1-3-9-11(12(15)16-4-2)14-8-6-5-7-10(14)13-9;1-8(12)14-11(15-9(2)13)10-6-4-3-5-7-10;1-2-7-9(10(13)14)12-6-4-3-5-8(12)11-7;1-3-6(8)5-7(9)10-4-2;6-5-3-1-2-4-7-5;;/h6-13,22H,2-5,14-19H2,1H3,(H,34,38);1-8,16H,9-13,24H2;3-8H2,1-2H3;5-8H,3-4H2,1-2H3;3-7H,1-2H3;2-6H2,1H3,(H,13,14);1,3-5H2,2H3;1-4H,(H2,6,7);;/q;;;;;;+1;;+1;/p-1. The summed E-state index contributed by atoms with van der Waals surface area (Å²) in [6.07, 6.45) is 10.8. The molecule has 11 heterocycles. The zero-order valence-electron chi connectivity index (χ0n) is 83.7. The Hall–Kier alpha value is -12.1. The van der Waals surface area contributed by atoms with E-state index in [1.165, 1.54) is 55.9 Å². The number of alkyl halides is 6. The third-order valence-corrected chi connectivity index (χ3v) is 28.7. The van der Waals surface area contributed by atoms with Gasteiger partial charge >= 0.3 is 146 Å². The van der Waals surface area contributed by atoms with Gasteiger partial charge in [-0.3, -0.25) is 18.8 Å². The van der Waals surface area contributed by atoms with Crippen LogP contribution in [0.25, 0.3) is 5.65 Å². The van der Waals surface area contributed by atoms with Crippen molar-refractivity contribution in [3.8, 4) is 11.5 Å². The van der Waals surface area contributed by atoms with Crippen molar-refractivity contribution in [3.05, 3.63) is 272 Å². The van der Waals surface area contributed by atoms with E-state index in [1.54, 1.807) is 71.5 Å². The minimum atomic E-state index is -4.66. The largest absolute Gasteiger partial charge is 1.00 e. The molecule has 18 rings (SSSR count). The molecule has 11 aromatic rings. The molecule has 5 N–H and O–H groups in total. The van der Waals surface area contributed by atoms with E-state index in [0.717, 1.165) is 214 Å². The van der Waals surface area contributed by atoms with Gasteiger partial charge in [-0.2, -0.15) is 0 Å². The summed E-state index contributed by atoms with van der Waals surface area (Å²) < 4.78 is 115. The summed E-state index contributed by atoms with van der Waals surface area (Å²) in [6, 6.07) is 49.5. The van der Waals surface area contributed by atoms with Crippen LogP contribution in [0.3, 0.4) is 0 Å². The molecule has 2 saturated heterocycles. The quantitative estimate of drug-likeness (QED) is 0.00862. The number of hydrogen-bond acceptors (Lipinski definition) is 25. The first-order valence-corrected chi connectivity index (χ1v) is 51.3. The van der Waals surface area contributed by atoms with E-state index in [0.29, 0.717) is 90.6 Å². The number of nitrogen functional groups attached to an aromatic ring is 1. The molecule has 5 aliphatic heterocycles. The maximum absolute atomic E-state index is 13.0. The number of nitrogens with one attached hydrogen (secondary N) is 1. The van der Waals surface area contributed by atoms with E-state index in [-0.39, 0.29) is 85.4 Å². The molecule has 771 valence electrons. The normalized spacial score (nSPS) is 14.7. The van der Waals surface area contributed by atoms with Crippen molar-refractivity contribution in [2.45, 2.75) is 242 Å². The van der Waals surface area contributed by atoms with Crippen LogP contribution in [0.2, 0.25) is 0 Å². The number of carbonyl (C=O) groups excluding carboxylic acids is 8. The summed E-state index contributed by atoms with van der Waals surface area (Å²) >= 11 is -2.59. The smallest absolute Gasteiger partial charge is 0.543 e. The van der Waals surface area contributed by atoms with Gasteiger partial charge in [0.1, 0.15) is 59.0 Å². The summed E-state index contributed by atoms with van der Waals surface area (Å²) in [7, 11) is 0. The van der Waals surface area contributed by atoms with E-state index in [2.05, 4.69) is 109 Å². The van der Waals surface area contributed by atoms with Crippen molar-refractivity contribution in [2.24, 2.45) is 16.6 Å². The van der Waals surface area contributed by atoms with Gasteiger partial charge in [0.25, 0.3) is 5.91 Å². The van der Waals surface area contributed by atoms with Crippen LogP contribution in [0.5, 0.6) is 11.5 Å². The molecular weight excluding hydrogens is 2020 g/mol. The molecule has 0 unspecified atom stereocenters. The fourth-order valence-electron chi connectivity index (χ4n) is 18.3. The predicted molar refractivity (Wildman–Crippen MR) is 533 cm³/mol. The van der Waals surface area contributed by atoms with E-state index in [1.807, 2.05) is 93.9 Å². The van der Waals surface area contributed by atoms with Crippen molar-refractivity contribution in [1.82, 2.24) is 48.3 Å². The number of carbonyl (C=O) groups is 8. The molecule has 4 fully saturated rings. The molecule has 1 amide bonds. The van der Waals surface area contributed by atoms with E-state index in [4.69, 9.17) is 32.1 Å². The minimum Gasteiger partial charge on any atom is -0.543 e. The number of imidazole rings is 4. The fourth-order valence-corrected chi connectivity index (χ4v) is 21.0. The Balaban J connectivity index is 0.000000194. The van der Waals surface area contributed by atoms with Gasteiger partial charge in [-0.25, -0.2) is 34.5 Å². The molecule has 2 spiro atoms. The van der Waals surface area contributed by atoms with Gasteiger partial charge in [0.15, 0.2) is 17.2 Å². The first-order chi connectivity index (χ1) is 68.5. The van der Waals surface area contributed by atoms with Gasteiger partial charge in [0.2, 0.25) is 0 Å².